The zero-order valence-electron chi connectivity index (χ0n) is 16.3. The Morgan fingerprint density at radius 1 is 1.28 bits per heavy atom. The largest absolute Gasteiger partial charge is 0.497 e. The lowest BCUT2D eigenvalue weighted by Crippen LogP contribution is -2.39. The van der Waals surface area contributed by atoms with E-state index in [1.54, 1.807) is 36.3 Å². The van der Waals surface area contributed by atoms with E-state index >= 15 is 0 Å². The van der Waals surface area contributed by atoms with Crippen LogP contribution in [-0.2, 0) is 0 Å². The summed E-state index contributed by atoms with van der Waals surface area (Å²) in [5, 5.41) is 4.04. The third-order valence-electron chi connectivity index (χ3n) is 5.28. The molecule has 0 radical (unpaired) electrons. The number of amides is 1. The van der Waals surface area contributed by atoms with E-state index in [1.165, 1.54) is 12.3 Å². The quantitative estimate of drug-likeness (QED) is 0.658. The molecule has 152 valence electrons. The Kier molecular flexibility index (Phi) is 5.17. The first-order chi connectivity index (χ1) is 14.0. The predicted molar refractivity (Wildman–Crippen MR) is 104 cm³/mol. The van der Waals surface area contributed by atoms with Crippen LogP contribution in [0.3, 0.4) is 0 Å². The van der Waals surface area contributed by atoms with Gasteiger partial charge in [-0.1, -0.05) is 6.92 Å². The number of benzene rings is 1. The Hall–Kier alpha value is -3.03. The van der Waals surface area contributed by atoms with E-state index in [4.69, 9.17) is 4.74 Å². The molecule has 1 atom stereocenters. The Balaban J connectivity index is 1.80. The van der Waals surface area contributed by atoms with Crippen molar-refractivity contribution in [3.63, 3.8) is 0 Å². The molecule has 1 unspecified atom stereocenters. The van der Waals surface area contributed by atoms with Crippen LogP contribution in [0.25, 0.3) is 16.9 Å². The average molecular weight is 400 g/mol. The maximum absolute atomic E-state index is 13.7. The molecule has 0 N–H and O–H groups in total. The van der Waals surface area contributed by atoms with Gasteiger partial charge in [0.15, 0.2) is 5.65 Å². The molecule has 1 aliphatic heterocycles. The van der Waals surface area contributed by atoms with Crippen LogP contribution in [0.1, 0.15) is 42.2 Å². The van der Waals surface area contributed by atoms with E-state index in [1.807, 2.05) is 0 Å². The number of methoxy groups -OCH3 is 1. The molecule has 1 fully saturated rings. The number of alkyl halides is 2. The maximum atomic E-state index is 13.7. The third-order valence-corrected chi connectivity index (χ3v) is 5.28. The van der Waals surface area contributed by atoms with E-state index in [0.717, 1.165) is 17.4 Å². The van der Waals surface area contributed by atoms with Gasteiger partial charge in [0.2, 0.25) is 0 Å². The van der Waals surface area contributed by atoms with Gasteiger partial charge in [-0.15, -0.1) is 0 Å². The molecule has 1 aromatic carbocycles. The topological polar surface area (TPSA) is 59.7 Å². The van der Waals surface area contributed by atoms with Crippen molar-refractivity contribution in [3.8, 4) is 17.0 Å². The number of fused-ring (bicyclic) bond motifs is 1. The van der Waals surface area contributed by atoms with E-state index in [9.17, 15) is 13.6 Å². The van der Waals surface area contributed by atoms with E-state index < -0.39 is 6.43 Å². The van der Waals surface area contributed by atoms with Crippen LogP contribution >= 0.6 is 0 Å². The number of piperidine rings is 1. The van der Waals surface area contributed by atoms with E-state index in [0.29, 0.717) is 36.0 Å². The van der Waals surface area contributed by atoms with Crippen LogP contribution in [-0.4, -0.2) is 45.6 Å². The van der Waals surface area contributed by atoms with Crippen LogP contribution < -0.4 is 4.74 Å². The smallest absolute Gasteiger partial charge is 0.280 e. The van der Waals surface area contributed by atoms with Crippen molar-refractivity contribution in [1.29, 1.82) is 0 Å². The highest BCUT2D eigenvalue weighted by Crippen LogP contribution is 2.28. The summed E-state index contributed by atoms with van der Waals surface area (Å²) in [5.74, 6) is 0.850. The third kappa shape index (κ3) is 3.66. The molecule has 0 spiro atoms. The summed E-state index contributed by atoms with van der Waals surface area (Å²) in [6.45, 7) is 3.40. The summed E-state index contributed by atoms with van der Waals surface area (Å²) in [6, 6.07) is 8.28. The van der Waals surface area contributed by atoms with E-state index in [2.05, 4.69) is 17.0 Å². The fourth-order valence-electron chi connectivity index (χ4n) is 3.75. The zero-order valence-corrected chi connectivity index (χ0v) is 16.3. The number of halogens is 2. The van der Waals surface area contributed by atoms with Gasteiger partial charge in [-0.25, -0.2) is 18.3 Å². The number of aromatic nitrogens is 3. The monoisotopic (exact) mass is 400 g/mol. The first kappa shape index (κ1) is 19.3. The van der Waals surface area contributed by atoms with Gasteiger partial charge in [-0.2, -0.15) is 5.10 Å². The Bertz CT molecular complexity index is 1030. The SMILES string of the molecule is COc1ccc(-c2cc(C(F)F)n3ncc(C(=O)N4CCCC(C)C4)c3n2)cc1. The van der Waals surface area contributed by atoms with Gasteiger partial charge in [0.25, 0.3) is 12.3 Å². The molecule has 4 rings (SSSR count). The molecule has 0 aliphatic carbocycles. The van der Waals surface area contributed by atoms with Gasteiger partial charge < -0.3 is 9.64 Å². The van der Waals surface area contributed by atoms with Crippen LogP contribution in [0.15, 0.2) is 36.5 Å². The molecule has 1 amide bonds. The number of carbonyl (C=O) groups excluding carboxylic acids is 1. The summed E-state index contributed by atoms with van der Waals surface area (Å²) >= 11 is 0. The highest BCUT2D eigenvalue weighted by atomic mass is 19.3. The molecule has 3 aromatic rings. The molecule has 1 saturated heterocycles. The van der Waals surface area contributed by atoms with Crippen LogP contribution in [0.2, 0.25) is 0 Å². The van der Waals surface area contributed by atoms with Gasteiger partial charge >= 0.3 is 0 Å². The molecule has 2 aromatic heterocycles. The summed E-state index contributed by atoms with van der Waals surface area (Å²) in [6.07, 6.45) is 0.593. The lowest BCUT2D eigenvalue weighted by atomic mass is 10.00. The van der Waals surface area contributed by atoms with Gasteiger partial charge in [0.05, 0.1) is 19.0 Å². The molecule has 0 bridgehead atoms. The predicted octanol–water partition coefficient (Wildman–Crippen LogP) is 4.21. The normalized spacial score (nSPS) is 17.1. The Morgan fingerprint density at radius 2 is 2.03 bits per heavy atom. The average Bonchev–Trinajstić information content (AvgIpc) is 3.16. The van der Waals surface area contributed by atoms with Crippen molar-refractivity contribution in [2.45, 2.75) is 26.2 Å². The summed E-state index contributed by atoms with van der Waals surface area (Å²) in [4.78, 5) is 19.3. The molecule has 6 nitrogen and oxygen atoms in total. The summed E-state index contributed by atoms with van der Waals surface area (Å²) < 4.78 is 33.7. The molecule has 3 heterocycles. The number of ether oxygens (including phenoxy) is 1. The van der Waals surface area contributed by atoms with Crippen molar-refractivity contribution >= 4 is 11.6 Å². The molecule has 29 heavy (non-hydrogen) atoms. The highest BCUT2D eigenvalue weighted by molar-refractivity contribution is 6.00. The first-order valence-electron chi connectivity index (χ1n) is 9.58. The second kappa shape index (κ2) is 7.77. The minimum atomic E-state index is -2.75. The number of rotatable bonds is 4. The second-order valence-electron chi connectivity index (χ2n) is 7.39. The molecular weight excluding hydrogens is 378 g/mol. The molecule has 0 saturated carbocycles. The van der Waals surface area contributed by atoms with Crippen LogP contribution in [0, 0.1) is 5.92 Å². The van der Waals surface area contributed by atoms with Crippen molar-refractivity contribution in [3.05, 3.63) is 47.8 Å². The van der Waals surface area contributed by atoms with Crippen LogP contribution in [0.5, 0.6) is 5.75 Å². The summed E-state index contributed by atoms with van der Waals surface area (Å²) in [7, 11) is 1.56. The lowest BCUT2D eigenvalue weighted by molar-refractivity contribution is 0.0684. The maximum Gasteiger partial charge on any atom is 0.280 e. The fourth-order valence-corrected chi connectivity index (χ4v) is 3.75. The number of hydrogen-bond acceptors (Lipinski definition) is 4. The van der Waals surface area contributed by atoms with Crippen molar-refractivity contribution in [2.24, 2.45) is 5.92 Å². The highest BCUT2D eigenvalue weighted by Gasteiger charge is 2.27. The number of nitrogens with zero attached hydrogens (tertiary/aromatic N) is 4. The van der Waals surface area contributed by atoms with Gasteiger partial charge in [0, 0.05) is 18.7 Å². The van der Waals surface area contributed by atoms with Crippen molar-refractivity contribution < 1.29 is 18.3 Å². The van der Waals surface area contributed by atoms with Crippen molar-refractivity contribution in [2.75, 3.05) is 20.2 Å². The molecular formula is C21H22F2N4O2. The Labute approximate surface area is 167 Å². The minimum Gasteiger partial charge on any atom is -0.497 e. The second-order valence-corrected chi connectivity index (χ2v) is 7.39. The molecule has 8 heteroatoms. The fraction of sp³-hybridized carbons (Fsp3) is 0.381. The standard InChI is InChI=1S/C21H22F2N4O2/c1-13-4-3-9-26(12-13)21(28)16-11-24-27-18(19(22)23)10-17(25-20(16)27)14-5-7-15(29-2)8-6-14/h5-8,10-11,13,19H,3-4,9,12H2,1-2H3. The van der Waals surface area contributed by atoms with Crippen molar-refractivity contribution in [1.82, 2.24) is 19.5 Å². The van der Waals surface area contributed by atoms with Gasteiger partial charge in [-0.3, -0.25) is 4.79 Å². The van der Waals surface area contributed by atoms with E-state index in [-0.39, 0.29) is 22.8 Å². The zero-order chi connectivity index (χ0) is 20.5. The molecule has 1 aliphatic rings. The Morgan fingerprint density at radius 3 is 2.69 bits per heavy atom. The lowest BCUT2D eigenvalue weighted by Gasteiger charge is -2.30. The number of carbonyl (C=O) groups is 1. The van der Waals surface area contributed by atoms with Gasteiger partial charge in [-0.05, 0) is 49.1 Å². The van der Waals surface area contributed by atoms with Crippen LogP contribution in [0.4, 0.5) is 8.78 Å². The number of likely N-dealkylation sites (tertiary alicyclic amines) is 1. The summed E-state index contributed by atoms with van der Waals surface area (Å²) in [5.41, 5.74) is 1.11. The number of hydrogen-bond donors (Lipinski definition) is 0. The minimum absolute atomic E-state index is 0.150. The van der Waals surface area contributed by atoms with Gasteiger partial charge in [0.1, 0.15) is 17.0 Å². The first-order valence-corrected chi connectivity index (χ1v) is 9.58.